The number of nitrogens with zero attached hydrogens (tertiary/aromatic N) is 4. The highest BCUT2D eigenvalue weighted by molar-refractivity contribution is 6.00. The summed E-state index contributed by atoms with van der Waals surface area (Å²) in [7, 11) is 1.60. The molecule has 4 rings (SSSR count). The second-order valence-electron chi connectivity index (χ2n) is 7.32. The zero-order valence-corrected chi connectivity index (χ0v) is 16.4. The summed E-state index contributed by atoms with van der Waals surface area (Å²) < 4.78 is 11.1. The van der Waals surface area contributed by atoms with Crippen molar-refractivity contribution in [2.75, 3.05) is 31.6 Å². The number of carbonyl (C=O) groups excluding carboxylic acids is 2. The maximum atomic E-state index is 13.1. The fourth-order valence-corrected chi connectivity index (χ4v) is 3.90. The number of aromatic nitrogens is 2. The van der Waals surface area contributed by atoms with Crippen molar-refractivity contribution in [3.05, 3.63) is 42.9 Å². The number of methoxy groups -OCH3 is 1. The predicted molar refractivity (Wildman–Crippen MR) is 106 cm³/mol. The van der Waals surface area contributed by atoms with Crippen LogP contribution in [0.15, 0.2) is 42.9 Å². The van der Waals surface area contributed by atoms with Crippen LogP contribution in [-0.2, 0) is 9.59 Å². The number of rotatable bonds is 5. The number of anilines is 1. The topological polar surface area (TPSA) is 84.9 Å². The van der Waals surface area contributed by atoms with E-state index in [1.165, 1.54) is 6.33 Å². The molecule has 1 aromatic carbocycles. The van der Waals surface area contributed by atoms with Crippen LogP contribution in [0, 0.1) is 5.92 Å². The van der Waals surface area contributed by atoms with Crippen molar-refractivity contribution in [1.29, 1.82) is 0 Å². The van der Waals surface area contributed by atoms with Crippen LogP contribution in [0.3, 0.4) is 0 Å². The molecule has 0 aliphatic carbocycles. The molecule has 3 heterocycles. The number of piperidine rings is 1. The highest BCUT2D eigenvalue weighted by Gasteiger charge is 2.38. The third kappa shape index (κ3) is 4.31. The van der Waals surface area contributed by atoms with E-state index in [1.54, 1.807) is 24.3 Å². The van der Waals surface area contributed by atoms with E-state index in [0.29, 0.717) is 25.5 Å². The Morgan fingerprint density at radius 3 is 2.72 bits per heavy atom. The first kappa shape index (κ1) is 19.2. The Bertz CT molecular complexity index is 859. The maximum absolute atomic E-state index is 13.1. The molecule has 0 saturated carbocycles. The van der Waals surface area contributed by atoms with Crippen LogP contribution in [0.4, 0.5) is 5.69 Å². The monoisotopic (exact) mass is 396 g/mol. The van der Waals surface area contributed by atoms with Crippen LogP contribution in [0.5, 0.6) is 11.6 Å². The molecular weight excluding hydrogens is 372 g/mol. The summed E-state index contributed by atoms with van der Waals surface area (Å²) in [5.41, 5.74) is 0.787. The van der Waals surface area contributed by atoms with Crippen molar-refractivity contribution in [3.8, 4) is 11.6 Å². The number of hydrogen-bond donors (Lipinski definition) is 0. The molecule has 152 valence electrons. The SMILES string of the molecule is COc1ccc(N2CC(C(=O)N3CCCC(Oc4ccncn4)C3)CC2=O)cc1. The predicted octanol–water partition coefficient (Wildman–Crippen LogP) is 1.91. The van der Waals surface area contributed by atoms with Crippen molar-refractivity contribution in [2.24, 2.45) is 5.92 Å². The molecule has 2 aromatic rings. The van der Waals surface area contributed by atoms with E-state index in [0.717, 1.165) is 24.3 Å². The number of hydrogen-bond acceptors (Lipinski definition) is 6. The smallest absolute Gasteiger partial charge is 0.228 e. The lowest BCUT2D eigenvalue weighted by Crippen LogP contribution is -2.47. The minimum atomic E-state index is -0.331. The van der Waals surface area contributed by atoms with E-state index in [4.69, 9.17) is 9.47 Å². The van der Waals surface area contributed by atoms with Crippen LogP contribution in [0.1, 0.15) is 19.3 Å². The fraction of sp³-hybridized carbons (Fsp3) is 0.429. The fourth-order valence-electron chi connectivity index (χ4n) is 3.90. The van der Waals surface area contributed by atoms with Gasteiger partial charge in [-0.25, -0.2) is 9.97 Å². The van der Waals surface area contributed by atoms with Gasteiger partial charge in [-0.15, -0.1) is 0 Å². The van der Waals surface area contributed by atoms with Gasteiger partial charge >= 0.3 is 0 Å². The van der Waals surface area contributed by atoms with Crippen molar-refractivity contribution in [2.45, 2.75) is 25.4 Å². The Labute approximate surface area is 169 Å². The second kappa shape index (κ2) is 8.46. The summed E-state index contributed by atoms with van der Waals surface area (Å²) in [6.07, 6.45) is 4.95. The van der Waals surface area contributed by atoms with Crippen molar-refractivity contribution >= 4 is 17.5 Å². The normalized spacial score (nSPS) is 21.9. The molecule has 29 heavy (non-hydrogen) atoms. The van der Waals surface area contributed by atoms with Crippen LogP contribution in [0.25, 0.3) is 0 Å². The molecule has 2 fully saturated rings. The molecule has 0 radical (unpaired) electrons. The van der Waals surface area contributed by atoms with Crippen LogP contribution < -0.4 is 14.4 Å². The molecule has 8 nitrogen and oxygen atoms in total. The Morgan fingerprint density at radius 2 is 2.00 bits per heavy atom. The van der Waals surface area contributed by atoms with Gasteiger partial charge in [-0.05, 0) is 37.1 Å². The Kier molecular flexibility index (Phi) is 5.59. The lowest BCUT2D eigenvalue weighted by atomic mass is 10.0. The van der Waals surface area contributed by atoms with Gasteiger partial charge in [-0.3, -0.25) is 9.59 Å². The third-order valence-electron chi connectivity index (χ3n) is 5.39. The largest absolute Gasteiger partial charge is 0.497 e. The number of carbonyl (C=O) groups is 2. The molecule has 2 atom stereocenters. The average Bonchev–Trinajstić information content (AvgIpc) is 3.16. The lowest BCUT2D eigenvalue weighted by Gasteiger charge is -2.34. The van der Waals surface area contributed by atoms with Crippen LogP contribution in [0.2, 0.25) is 0 Å². The molecule has 2 unspecified atom stereocenters. The molecule has 1 aromatic heterocycles. The molecule has 0 spiro atoms. The van der Waals surface area contributed by atoms with E-state index in [1.807, 2.05) is 29.2 Å². The first-order valence-corrected chi connectivity index (χ1v) is 9.80. The number of ether oxygens (including phenoxy) is 2. The molecule has 8 heteroatoms. The quantitative estimate of drug-likeness (QED) is 0.768. The summed E-state index contributed by atoms with van der Waals surface area (Å²) in [6, 6.07) is 9.03. The molecule has 2 aliphatic heterocycles. The number of amides is 2. The molecule has 2 aliphatic rings. The van der Waals surface area contributed by atoms with Crippen molar-refractivity contribution in [3.63, 3.8) is 0 Å². The highest BCUT2D eigenvalue weighted by Crippen LogP contribution is 2.29. The molecule has 0 N–H and O–H groups in total. The Morgan fingerprint density at radius 1 is 1.17 bits per heavy atom. The third-order valence-corrected chi connectivity index (χ3v) is 5.39. The number of benzene rings is 1. The Balaban J connectivity index is 1.38. The molecule has 2 saturated heterocycles. The molecule has 2 amide bonds. The van der Waals surface area contributed by atoms with E-state index in [-0.39, 0.29) is 30.3 Å². The van der Waals surface area contributed by atoms with Gasteiger partial charge in [0.05, 0.1) is 19.6 Å². The first-order valence-electron chi connectivity index (χ1n) is 9.80. The van der Waals surface area contributed by atoms with Gasteiger partial charge in [0.15, 0.2) is 0 Å². The summed E-state index contributed by atoms with van der Waals surface area (Å²) in [5, 5.41) is 0. The summed E-state index contributed by atoms with van der Waals surface area (Å²) in [4.78, 5) is 37.1. The minimum absolute atomic E-state index is 0.0188. The molecular formula is C21H24N4O4. The van der Waals surface area contributed by atoms with Gasteiger partial charge in [-0.2, -0.15) is 0 Å². The zero-order chi connectivity index (χ0) is 20.2. The second-order valence-corrected chi connectivity index (χ2v) is 7.32. The summed E-state index contributed by atoms with van der Waals surface area (Å²) >= 11 is 0. The van der Waals surface area contributed by atoms with Crippen LogP contribution >= 0.6 is 0 Å². The van der Waals surface area contributed by atoms with Gasteiger partial charge in [0.2, 0.25) is 17.7 Å². The maximum Gasteiger partial charge on any atom is 0.228 e. The standard InChI is InChI=1S/C21H24N4O4/c1-28-17-6-4-16(5-7-17)25-12-15(11-20(25)26)21(27)24-10-2-3-18(13-24)29-19-8-9-22-14-23-19/h4-9,14-15,18H,2-3,10-13H2,1H3. The van der Waals surface area contributed by atoms with Crippen molar-refractivity contribution in [1.82, 2.24) is 14.9 Å². The van der Waals surface area contributed by atoms with Gasteiger partial charge in [-0.1, -0.05) is 0 Å². The van der Waals surface area contributed by atoms with E-state index in [9.17, 15) is 9.59 Å². The molecule has 0 bridgehead atoms. The van der Waals surface area contributed by atoms with E-state index in [2.05, 4.69) is 9.97 Å². The van der Waals surface area contributed by atoms with Crippen LogP contribution in [-0.4, -0.2) is 59.5 Å². The van der Waals surface area contributed by atoms with Gasteiger partial charge in [0.1, 0.15) is 18.2 Å². The summed E-state index contributed by atoms with van der Waals surface area (Å²) in [6.45, 7) is 1.60. The Hall–Kier alpha value is -3.16. The summed E-state index contributed by atoms with van der Waals surface area (Å²) in [5.74, 6) is 0.907. The van der Waals surface area contributed by atoms with Gasteiger partial charge in [0, 0.05) is 37.5 Å². The highest BCUT2D eigenvalue weighted by atomic mass is 16.5. The van der Waals surface area contributed by atoms with Crippen molar-refractivity contribution < 1.29 is 19.1 Å². The number of likely N-dealkylation sites (tertiary alicyclic amines) is 1. The van der Waals surface area contributed by atoms with Gasteiger partial charge in [0.25, 0.3) is 0 Å². The average molecular weight is 396 g/mol. The zero-order valence-electron chi connectivity index (χ0n) is 16.4. The van der Waals surface area contributed by atoms with Gasteiger partial charge < -0.3 is 19.3 Å². The first-order chi connectivity index (χ1) is 14.1. The van der Waals surface area contributed by atoms with E-state index >= 15 is 0 Å². The minimum Gasteiger partial charge on any atom is -0.497 e. The lowest BCUT2D eigenvalue weighted by molar-refractivity contribution is -0.138. The van der Waals surface area contributed by atoms with E-state index < -0.39 is 0 Å².